The zero-order valence-electron chi connectivity index (χ0n) is 13.1. The number of ether oxygens (including phenoxy) is 2. The van der Waals surface area contributed by atoms with Gasteiger partial charge >= 0.3 is 5.97 Å². The highest BCUT2D eigenvalue weighted by molar-refractivity contribution is 5.71. The summed E-state index contributed by atoms with van der Waals surface area (Å²) in [6.07, 6.45) is 0. The smallest absolute Gasteiger partial charge is 0.344 e. The molecular formula is C18H21NO3. The monoisotopic (exact) mass is 299 g/mol. The molecule has 22 heavy (non-hydrogen) atoms. The molecule has 0 aliphatic carbocycles. The van der Waals surface area contributed by atoms with Gasteiger partial charge in [0.2, 0.25) is 0 Å². The third-order valence-electron chi connectivity index (χ3n) is 2.69. The number of rotatable bonds is 5. The van der Waals surface area contributed by atoms with Crippen molar-refractivity contribution in [2.45, 2.75) is 26.4 Å². The molecule has 2 rings (SSSR count). The lowest BCUT2D eigenvalue weighted by Gasteiger charge is -2.19. The Balaban J connectivity index is 1.86. The summed E-state index contributed by atoms with van der Waals surface area (Å²) in [6, 6.07) is 17.3. The van der Waals surface area contributed by atoms with Gasteiger partial charge in [-0.1, -0.05) is 18.2 Å². The number of carbonyl (C=O) groups excluding carboxylic acids is 1. The lowest BCUT2D eigenvalue weighted by molar-refractivity contribution is -0.157. The Labute approximate surface area is 131 Å². The summed E-state index contributed by atoms with van der Waals surface area (Å²) in [5, 5.41) is 3.28. The predicted octanol–water partition coefficient (Wildman–Crippen LogP) is 4.15. The third kappa shape index (κ3) is 5.48. The van der Waals surface area contributed by atoms with Gasteiger partial charge in [-0.05, 0) is 57.2 Å². The maximum absolute atomic E-state index is 11.6. The van der Waals surface area contributed by atoms with E-state index in [2.05, 4.69) is 5.32 Å². The zero-order valence-corrected chi connectivity index (χ0v) is 13.1. The Kier molecular flexibility index (Phi) is 5.04. The summed E-state index contributed by atoms with van der Waals surface area (Å²) in [6.45, 7) is 5.39. The number of carbonyl (C=O) groups is 1. The standard InChI is InChI=1S/C18H21NO3/c1-18(2,3)22-17(20)13-21-16-11-9-15(10-12-16)19-14-7-5-4-6-8-14/h4-12,19H,13H2,1-3H3. The Morgan fingerprint density at radius 3 is 2.14 bits per heavy atom. The first kappa shape index (κ1) is 15.9. The van der Waals surface area contributed by atoms with Gasteiger partial charge < -0.3 is 14.8 Å². The van der Waals surface area contributed by atoms with E-state index in [4.69, 9.17) is 9.47 Å². The molecule has 4 nitrogen and oxygen atoms in total. The summed E-state index contributed by atoms with van der Waals surface area (Å²) < 4.78 is 10.6. The number of para-hydroxylation sites is 1. The second kappa shape index (κ2) is 6.98. The number of hydrogen-bond donors (Lipinski definition) is 1. The van der Waals surface area contributed by atoms with E-state index in [1.54, 1.807) is 0 Å². The predicted molar refractivity (Wildman–Crippen MR) is 87.5 cm³/mol. The van der Waals surface area contributed by atoms with Crippen LogP contribution in [-0.4, -0.2) is 18.2 Å². The summed E-state index contributed by atoms with van der Waals surface area (Å²) in [5.41, 5.74) is 1.48. The van der Waals surface area contributed by atoms with Crippen molar-refractivity contribution in [3.63, 3.8) is 0 Å². The van der Waals surface area contributed by atoms with Crippen molar-refractivity contribution in [1.29, 1.82) is 0 Å². The minimum absolute atomic E-state index is 0.0945. The van der Waals surface area contributed by atoms with Crippen LogP contribution in [-0.2, 0) is 9.53 Å². The second-order valence-corrected chi connectivity index (χ2v) is 5.89. The molecule has 0 saturated carbocycles. The van der Waals surface area contributed by atoms with E-state index >= 15 is 0 Å². The number of anilines is 2. The van der Waals surface area contributed by atoms with Crippen molar-refractivity contribution in [3.05, 3.63) is 54.6 Å². The maximum Gasteiger partial charge on any atom is 0.344 e. The minimum atomic E-state index is -0.496. The van der Waals surface area contributed by atoms with Crippen molar-refractivity contribution in [2.75, 3.05) is 11.9 Å². The van der Waals surface area contributed by atoms with Crippen LogP contribution in [0.15, 0.2) is 54.6 Å². The fraction of sp³-hybridized carbons (Fsp3) is 0.278. The van der Waals surface area contributed by atoms with Crippen molar-refractivity contribution in [2.24, 2.45) is 0 Å². The molecule has 2 aromatic rings. The Morgan fingerprint density at radius 2 is 1.55 bits per heavy atom. The Hall–Kier alpha value is -2.49. The van der Waals surface area contributed by atoms with Crippen LogP contribution >= 0.6 is 0 Å². The summed E-state index contributed by atoms with van der Waals surface area (Å²) in [4.78, 5) is 11.6. The minimum Gasteiger partial charge on any atom is -0.482 e. The summed E-state index contributed by atoms with van der Waals surface area (Å²) >= 11 is 0. The molecule has 0 aromatic heterocycles. The highest BCUT2D eigenvalue weighted by Gasteiger charge is 2.16. The van der Waals surface area contributed by atoms with E-state index in [1.165, 1.54) is 0 Å². The van der Waals surface area contributed by atoms with E-state index in [-0.39, 0.29) is 12.6 Å². The summed E-state index contributed by atoms with van der Waals surface area (Å²) in [7, 11) is 0. The maximum atomic E-state index is 11.6. The van der Waals surface area contributed by atoms with Crippen molar-refractivity contribution in [1.82, 2.24) is 0 Å². The van der Waals surface area contributed by atoms with E-state index in [1.807, 2.05) is 75.4 Å². The summed E-state index contributed by atoms with van der Waals surface area (Å²) in [5.74, 6) is 0.253. The Bertz CT molecular complexity index is 600. The van der Waals surface area contributed by atoms with Crippen LogP contribution in [0.4, 0.5) is 11.4 Å². The van der Waals surface area contributed by atoms with Crippen LogP contribution < -0.4 is 10.1 Å². The van der Waals surface area contributed by atoms with Crippen LogP contribution in [0.1, 0.15) is 20.8 Å². The van der Waals surface area contributed by atoms with Gasteiger partial charge in [-0.15, -0.1) is 0 Å². The Morgan fingerprint density at radius 1 is 0.955 bits per heavy atom. The largest absolute Gasteiger partial charge is 0.482 e. The van der Waals surface area contributed by atoms with Crippen molar-refractivity contribution >= 4 is 17.3 Å². The van der Waals surface area contributed by atoms with Gasteiger partial charge in [0.15, 0.2) is 6.61 Å². The molecular weight excluding hydrogens is 278 g/mol. The first-order valence-electron chi connectivity index (χ1n) is 7.19. The van der Waals surface area contributed by atoms with Crippen molar-refractivity contribution < 1.29 is 14.3 Å². The second-order valence-electron chi connectivity index (χ2n) is 5.89. The number of benzene rings is 2. The average Bonchev–Trinajstić information content (AvgIpc) is 2.46. The van der Waals surface area contributed by atoms with E-state index in [0.29, 0.717) is 5.75 Å². The van der Waals surface area contributed by atoms with Crippen LogP contribution in [0.5, 0.6) is 5.75 Å². The van der Waals surface area contributed by atoms with E-state index in [9.17, 15) is 4.79 Å². The van der Waals surface area contributed by atoms with Gasteiger partial charge in [0.05, 0.1) is 0 Å². The molecule has 0 fully saturated rings. The number of nitrogens with one attached hydrogen (secondary N) is 1. The lowest BCUT2D eigenvalue weighted by atomic mass is 10.2. The quantitative estimate of drug-likeness (QED) is 0.843. The highest BCUT2D eigenvalue weighted by Crippen LogP contribution is 2.20. The fourth-order valence-corrected chi connectivity index (χ4v) is 1.84. The lowest BCUT2D eigenvalue weighted by Crippen LogP contribution is -2.27. The molecule has 0 atom stereocenters. The molecule has 0 saturated heterocycles. The molecule has 0 radical (unpaired) electrons. The number of hydrogen-bond acceptors (Lipinski definition) is 4. The van der Waals surface area contributed by atoms with Gasteiger partial charge in [0.1, 0.15) is 11.4 Å². The first-order valence-corrected chi connectivity index (χ1v) is 7.19. The molecule has 0 bridgehead atoms. The fourth-order valence-electron chi connectivity index (χ4n) is 1.84. The average molecular weight is 299 g/mol. The molecule has 116 valence electrons. The topological polar surface area (TPSA) is 47.6 Å². The SMILES string of the molecule is CC(C)(C)OC(=O)COc1ccc(Nc2ccccc2)cc1. The molecule has 0 unspecified atom stereocenters. The van der Waals surface area contributed by atoms with Crippen LogP contribution in [0.3, 0.4) is 0 Å². The van der Waals surface area contributed by atoms with Gasteiger partial charge in [-0.2, -0.15) is 0 Å². The van der Waals surface area contributed by atoms with Gasteiger partial charge in [-0.3, -0.25) is 0 Å². The van der Waals surface area contributed by atoms with Gasteiger partial charge in [-0.25, -0.2) is 4.79 Å². The molecule has 0 heterocycles. The molecule has 1 N–H and O–H groups in total. The van der Waals surface area contributed by atoms with Crippen LogP contribution in [0.25, 0.3) is 0 Å². The molecule has 0 spiro atoms. The zero-order chi connectivity index (χ0) is 16.0. The van der Waals surface area contributed by atoms with Gasteiger partial charge in [0.25, 0.3) is 0 Å². The normalized spacial score (nSPS) is 10.9. The molecule has 2 aromatic carbocycles. The van der Waals surface area contributed by atoms with Gasteiger partial charge in [0, 0.05) is 11.4 Å². The third-order valence-corrected chi connectivity index (χ3v) is 2.69. The first-order chi connectivity index (χ1) is 10.4. The molecule has 4 heteroatoms. The van der Waals surface area contributed by atoms with Crippen LogP contribution in [0.2, 0.25) is 0 Å². The molecule has 0 aliphatic heterocycles. The van der Waals surface area contributed by atoms with E-state index < -0.39 is 5.60 Å². The number of esters is 1. The van der Waals surface area contributed by atoms with Crippen LogP contribution in [0, 0.1) is 0 Å². The van der Waals surface area contributed by atoms with E-state index in [0.717, 1.165) is 11.4 Å². The molecule has 0 amide bonds. The highest BCUT2D eigenvalue weighted by atomic mass is 16.6. The molecule has 0 aliphatic rings. The van der Waals surface area contributed by atoms with Crippen molar-refractivity contribution in [3.8, 4) is 5.75 Å².